The van der Waals surface area contributed by atoms with Crippen molar-refractivity contribution in [1.82, 2.24) is 10.6 Å². The van der Waals surface area contributed by atoms with E-state index in [1.165, 1.54) is 6.92 Å². The molecule has 0 heterocycles. The number of rotatable bonds is 9. The molecule has 8 heteroatoms. The van der Waals surface area contributed by atoms with Crippen LogP contribution >= 0.6 is 0 Å². The highest BCUT2D eigenvalue weighted by molar-refractivity contribution is 5.86. The van der Waals surface area contributed by atoms with Crippen LogP contribution in [0.3, 0.4) is 0 Å². The maximum atomic E-state index is 11.8. The van der Waals surface area contributed by atoms with Crippen molar-refractivity contribution in [2.75, 3.05) is 19.7 Å². The van der Waals surface area contributed by atoms with Crippen LogP contribution in [0.15, 0.2) is 24.3 Å². The second-order valence-corrected chi connectivity index (χ2v) is 5.13. The number of nitrogens with one attached hydrogen (secondary N) is 2. The monoisotopic (exact) mass is 347 g/mol. The topological polar surface area (TPSA) is 118 Å². The molecule has 134 valence electrons. The van der Waals surface area contributed by atoms with Crippen molar-refractivity contribution in [3.63, 3.8) is 0 Å². The zero-order valence-electron chi connectivity index (χ0n) is 14.2. The Balaban J connectivity index is 2.31. The Hall–Kier alpha value is -3.08. The highest BCUT2D eigenvalue weighted by atomic mass is 16.6. The van der Waals surface area contributed by atoms with Crippen LogP contribution < -0.4 is 15.4 Å². The summed E-state index contributed by atoms with van der Waals surface area (Å²) in [6.45, 7) is 3.26. The van der Waals surface area contributed by atoms with E-state index in [-0.39, 0.29) is 12.5 Å². The van der Waals surface area contributed by atoms with Crippen molar-refractivity contribution in [2.45, 2.75) is 26.4 Å². The van der Waals surface area contributed by atoms with Crippen LogP contribution in [0.2, 0.25) is 0 Å². The molecule has 0 aliphatic heterocycles. The number of hydrogen-bond donors (Lipinski definition) is 2. The molecule has 0 unspecified atom stereocenters. The molecule has 0 saturated carbocycles. The molecule has 1 rings (SSSR count). The van der Waals surface area contributed by atoms with Crippen LogP contribution in [0.5, 0.6) is 5.75 Å². The van der Waals surface area contributed by atoms with E-state index in [1.807, 2.05) is 13.0 Å². The molecule has 1 atom stereocenters. The van der Waals surface area contributed by atoms with Crippen LogP contribution in [0, 0.1) is 11.3 Å². The summed E-state index contributed by atoms with van der Waals surface area (Å²) in [5.41, 5.74) is 0.474. The highest BCUT2D eigenvalue weighted by Gasteiger charge is 2.18. The molecule has 0 spiro atoms. The van der Waals surface area contributed by atoms with Crippen molar-refractivity contribution in [3.8, 4) is 11.8 Å². The van der Waals surface area contributed by atoms with Crippen molar-refractivity contribution < 1.29 is 23.9 Å². The van der Waals surface area contributed by atoms with Crippen molar-refractivity contribution >= 4 is 17.8 Å². The van der Waals surface area contributed by atoms with Gasteiger partial charge in [-0.05, 0) is 37.6 Å². The predicted octanol–water partition coefficient (Wildman–Crippen LogP) is 0.511. The minimum absolute atomic E-state index is 0.173. The average molecular weight is 347 g/mol. The summed E-state index contributed by atoms with van der Waals surface area (Å²) < 4.78 is 10.2. The highest BCUT2D eigenvalue weighted by Crippen LogP contribution is 2.13. The van der Waals surface area contributed by atoms with E-state index in [0.717, 1.165) is 6.42 Å². The minimum Gasteiger partial charge on any atom is -0.479 e. The van der Waals surface area contributed by atoms with Gasteiger partial charge in [-0.15, -0.1) is 0 Å². The molecular weight excluding hydrogens is 326 g/mol. The molecule has 2 N–H and O–H groups in total. The van der Waals surface area contributed by atoms with Gasteiger partial charge in [-0.25, -0.2) is 4.79 Å². The first-order chi connectivity index (χ1) is 12.0. The lowest BCUT2D eigenvalue weighted by Crippen LogP contribution is -2.39. The molecule has 0 radical (unpaired) electrons. The summed E-state index contributed by atoms with van der Waals surface area (Å²) in [5, 5.41) is 13.7. The number of nitrogens with zero attached hydrogens (tertiary/aromatic N) is 1. The molecule has 0 saturated heterocycles. The van der Waals surface area contributed by atoms with E-state index in [4.69, 9.17) is 14.7 Å². The lowest BCUT2D eigenvalue weighted by atomic mass is 10.2. The molecular formula is C17H21N3O5. The zero-order chi connectivity index (χ0) is 18.7. The molecule has 0 aliphatic carbocycles. The van der Waals surface area contributed by atoms with Gasteiger partial charge in [0.15, 0.2) is 12.7 Å². The fourth-order valence-corrected chi connectivity index (χ4v) is 1.67. The van der Waals surface area contributed by atoms with Gasteiger partial charge < -0.3 is 20.1 Å². The van der Waals surface area contributed by atoms with Gasteiger partial charge in [0.1, 0.15) is 5.75 Å². The Morgan fingerprint density at radius 2 is 1.84 bits per heavy atom. The fourth-order valence-electron chi connectivity index (χ4n) is 1.67. The van der Waals surface area contributed by atoms with E-state index >= 15 is 0 Å². The van der Waals surface area contributed by atoms with Crippen LogP contribution in [-0.2, 0) is 19.1 Å². The first-order valence-electron chi connectivity index (χ1n) is 7.83. The molecule has 0 aromatic heterocycles. The SMILES string of the molecule is CCCNC(=O)CNC(=O)COC(=O)[C@@H](C)Oc1ccc(C#N)cc1. The van der Waals surface area contributed by atoms with Gasteiger partial charge in [0.05, 0.1) is 18.2 Å². The van der Waals surface area contributed by atoms with Crippen molar-refractivity contribution in [2.24, 2.45) is 0 Å². The van der Waals surface area contributed by atoms with Gasteiger partial charge in [-0.3, -0.25) is 9.59 Å². The van der Waals surface area contributed by atoms with E-state index in [0.29, 0.717) is 17.9 Å². The first kappa shape index (κ1) is 20.0. The summed E-state index contributed by atoms with van der Waals surface area (Å²) in [7, 11) is 0. The third-order valence-electron chi connectivity index (χ3n) is 2.99. The summed E-state index contributed by atoms with van der Waals surface area (Å²) in [4.78, 5) is 34.7. The third kappa shape index (κ3) is 7.83. The molecule has 0 fully saturated rings. The summed E-state index contributed by atoms with van der Waals surface area (Å²) in [6, 6.07) is 8.21. The van der Waals surface area contributed by atoms with Crippen molar-refractivity contribution in [1.29, 1.82) is 5.26 Å². The Kier molecular flexibility index (Phi) is 8.50. The number of amides is 2. The second-order valence-electron chi connectivity index (χ2n) is 5.13. The lowest BCUT2D eigenvalue weighted by Gasteiger charge is -2.14. The molecule has 2 amide bonds. The number of esters is 1. The van der Waals surface area contributed by atoms with Crippen LogP contribution in [0.1, 0.15) is 25.8 Å². The first-order valence-corrected chi connectivity index (χ1v) is 7.83. The number of carbonyl (C=O) groups excluding carboxylic acids is 3. The number of benzene rings is 1. The average Bonchev–Trinajstić information content (AvgIpc) is 2.63. The normalized spacial score (nSPS) is 10.9. The van der Waals surface area contributed by atoms with E-state index < -0.39 is 24.6 Å². The summed E-state index contributed by atoms with van der Waals surface area (Å²) in [5.74, 6) is -1.19. The molecule has 0 bridgehead atoms. The van der Waals surface area contributed by atoms with E-state index in [2.05, 4.69) is 10.6 Å². The van der Waals surface area contributed by atoms with Crippen LogP contribution in [0.25, 0.3) is 0 Å². The van der Waals surface area contributed by atoms with E-state index in [9.17, 15) is 14.4 Å². The zero-order valence-corrected chi connectivity index (χ0v) is 14.2. The Morgan fingerprint density at radius 1 is 1.16 bits per heavy atom. The number of hydrogen-bond acceptors (Lipinski definition) is 6. The van der Waals surface area contributed by atoms with Gasteiger partial charge in [-0.2, -0.15) is 5.26 Å². The standard InChI is InChI=1S/C17H21N3O5/c1-3-8-19-15(21)10-20-16(22)11-24-17(23)12(2)25-14-6-4-13(9-18)5-7-14/h4-7,12H,3,8,10-11H2,1-2H3,(H,19,21)(H,20,22)/t12-/m1/s1. The fraction of sp³-hybridized carbons (Fsp3) is 0.412. The lowest BCUT2D eigenvalue weighted by molar-refractivity contribution is -0.154. The smallest absolute Gasteiger partial charge is 0.347 e. The minimum atomic E-state index is -0.923. The number of nitriles is 1. The number of ether oxygens (including phenoxy) is 2. The Bertz CT molecular complexity index is 637. The van der Waals surface area contributed by atoms with Gasteiger partial charge in [0.2, 0.25) is 5.91 Å². The van der Waals surface area contributed by atoms with Crippen LogP contribution in [-0.4, -0.2) is 43.6 Å². The van der Waals surface area contributed by atoms with Gasteiger partial charge in [-0.1, -0.05) is 6.92 Å². The maximum Gasteiger partial charge on any atom is 0.347 e. The Morgan fingerprint density at radius 3 is 2.44 bits per heavy atom. The quantitative estimate of drug-likeness (QED) is 0.629. The summed E-state index contributed by atoms with van der Waals surface area (Å²) in [6.07, 6.45) is -0.123. The predicted molar refractivity (Wildman–Crippen MR) is 88.5 cm³/mol. The molecule has 1 aromatic rings. The van der Waals surface area contributed by atoms with Crippen molar-refractivity contribution in [3.05, 3.63) is 29.8 Å². The molecule has 25 heavy (non-hydrogen) atoms. The van der Waals surface area contributed by atoms with Gasteiger partial charge >= 0.3 is 5.97 Å². The Labute approximate surface area is 146 Å². The number of carbonyl (C=O) groups is 3. The third-order valence-corrected chi connectivity index (χ3v) is 2.99. The van der Waals surface area contributed by atoms with Crippen LogP contribution in [0.4, 0.5) is 0 Å². The maximum absolute atomic E-state index is 11.8. The summed E-state index contributed by atoms with van der Waals surface area (Å²) >= 11 is 0. The molecule has 0 aliphatic rings. The van der Waals surface area contributed by atoms with E-state index in [1.54, 1.807) is 24.3 Å². The largest absolute Gasteiger partial charge is 0.479 e. The molecule has 1 aromatic carbocycles. The second kappa shape index (κ2) is 10.6. The molecule has 8 nitrogen and oxygen atoms in total. The van der Waals surface area contributed by atoms with Gasteiger partial charge in [0, 0.05) is 6.54 Å². The van der Waals surface area contributed by atoms with Gasteiger partial charge in [0.25, 0.3) is 5.91 Å².